The van der Waals surface area contributed by atoms with Gasteiger partial charge in [-0.15, -0.1) is 0 Å². The van der Waals surface area contributed by atoms with E-state index in [1.54, 1.807) is 13.2 Å². The third-order valence-electron chi connectivity index (χ3n) is 5.06. The number of fused-ring (bicyclic) bond motifs is 1. The maximum Gasteiger partial charge on any atom is 0.123 e. The number of methoxy groups -OCH3 is 1. The Bertz CT molecular complexity index is 460. The van der Waals surface area contributed by atoms with Crippen molar-refractivity contribution < 1.29 is 9.84 Å². The second-order valence-corrected chi connectivity index (χ2v) is 6.32. The predicted molar refractivity (Wildman–Crippen MR) is 80.0 cm³/mol. The molecule has 20 heavy (non-hydrogen) atoms. The summed E-state index contributed by atoms with van der Waals surface area (Å²) in [7, 11) is 1.63. The summed E-state index contributed by atoms with van der Waals surface area (Å²) in [6.45, 7) is 3.24. The van der Waals surface area contributed by atoms with Crippen LogP contribution in [0, 0.1) is 11.8 Å². The van der Waals surface area contributed by atoms with Gasteiger partial charge >= 0.3 is 0 Å². The Morgan fingerprint density at radius 2 is 2.00 bits per heavy atom. The van der Waals surface area contributed by atoms with E-state index in [-0.39, 0.29) is 0 Å². The van der Waals surface area contributed by atoms with Gasteiger partial charge in [-0.05, 0) is 37.3 Å². The molecule has 1 saturated carbocycles. The normalized spacial score (nSPS) is 27.1. The molecule has 0 spiro atoms. The fraction of sp³-hybridized carbons (Fsp3) is 0.647. The van der Waals surface area contributed by atoms with Gasteiger partial charge in [0.15, 0.2) is 0 Å². The molecule has 3 nitrogen and oxygen atoms in total. The van der Waals surface area contributed by atoms with Gasteiger partial charge in [-0.3, -0.25) is 4.90 Å². The zero-order chi connectivity index (χ0) is 13.9. The second-order valence-electron chi connectivity index (χ2n) is 6.32. The Morgan fingerprint density at radius 3 is 2.75 bits per heavy atom. The van der Waals surface area contributed by atoms with Gasteiger partial charge in [0, 0.05) is 24.7 Å². The summed E-state index contributed by atoms with van der Waals surface area (Å²) in [4.78, 5) is 2.51. The number of ether oxygens (including phenoxy) is 1. The van der Waals surface area contributed by atoms with Crippen molar-refractivity contribution in [2.75, 3.05) is 20.2 Å². The lowest BCUT2D eigenvalue weighted by Crippen LogP contribution is -2.41. The molecule has 0 radical (unpaired) electrons. The molecular weight excluding hydrogens is 250 g/mol. The molecule has 2 unspecified atom stereocenters. The number of likely N-dealkylation sites (tertiary alicyclic amines) is 1. The first kappa shape index (κ1) is 13.7. The van der Waals surface area contributed by atoms with Gasteiger partial charge in [-0.1, -0.05) is 25.3 Å². The first-order valence-corrected chi connectivity index (χ1v) is 7.84. The van der Waals surface area contributed by atoms with Gasteiger partial charge in [-0.2, -0.15) is 0 Å². The van der Waals surface area contributed by atoms with Gasteiger partial charge in [-0.25, -0.2) is 0 Å². The van der Waals surface area contributed by atoms with E-state index in [0.717, 1.165) is 29.7 Å². The highest BCUT2D eigenvalue weighted by Gasteiger charge is 2.31. The highest BCUT2D eigenvalue weighted by Crippen LogP contribution is 2.37. The van der Waals surface area contributed by atoms with Crippen molar-refractivity contribution in [2.45, 2.75) is 38.6 Å². The molecule has 1 aliphatic heterocycles. The molecule has 0 aromatic heterocycles. The lowest BCUT2D eigenvalue weighted by molar-refractivity contribution is 0.0815. The molecule has 3 heteroatoms. The highest BCUT2D eigenvalue weighted by atomic mass is 16.5. The Kier molecular flexibility index (Phi) is 4.16. The van der Waals surface area contributed by atoms with E-state index in [1.807, 2.05) is 12.1 Å². The minimum absolute atomic E-state index is 0.357. The summed E-state index contributed by atoms with van der Waals surface area (Å²) in [5.74, 6) is 2.93. The molecule has 2 atom stereocenters. The number of hydrogen-bond acceptors (Lipinski definition) is 3. The Balaban J connectivity index is 1.63. The minimum atomic E-state index is 0.357. The Labute approximate surface area is 121 Å². The van der Waals surface area contributed by atoms with Crippen LogP contribution < -0.4 is 4.74 Å². The van der Waals surface area contributed by atoms with Crippen LogP contribution in [0.3, 0.4) is 0 Å². The lowest BCUT2D eigenvalue weighted by Gasteiger charge is -2.41. The summed E-state index contributed by atoms with van der Waals surface area (Å²) in [6, 6.07) is 5.63. The molecule has 0 bridgehead atoms. The lowest BCUT2D eigenvalue weighted by atomic mass is 9.75. The van der Waals surface area contributed by atoms with Crippen LogP contribution in [0.15, 0.2) is 18.2 Å². The Morgan fingerprint density at radius 1 is 1.20 bits per heavy atom. The van der Waals surface area contributed by atoms with Crippen molar-refractivity contribution in [1.82, 2.24) is 4.90 Å². The number of phenolic OH excluding ortho intramolecular Hbond substituents is 1. The fourth-order valence-corrected chi connectivity index (χ4v) is 3.87. The summed E-state index contributed by atoms with van der Waals surface area (Å²) in [6.07, 6.45) is 7.01. The predicted octanol–water partition coefficient (Wildman–Crippen LogP) is 3.41. The molecule has 3 rings (SSSR count). The van der Waals surface area contributed by atoms with Crippen LogP contribution in [0.1, 0.15) is 37.7 Å². The van der Waals surface area contributed by atoms with E-state index in [0.29, 0.717) is 5.75 Å². The molecule has 110 valence electrons. The van der Waals surface area contributed by atoms with Gasteiger partial charge < -0.3 is 9.84 Å². The first-order chi connectivity index (χ1) is 9.76. The zero-order valence-corrected chi connectivity index (χ0v) is 12.3. The van der Waals surface area contributed by atoms with Gasteiger partial charge in [0.25, 0.3) is 0 Å². The first-order valence-electron chi connectivity index (χ1n) is 7.84. The van der Waals surface area contributed by atoms with Gasteiger partial charge in [0.2, 0.25) is 0 Å². The van der Waals surface area contributed by atoms with Crippen molar-refractivity contribution >= 4 is 0 Å². The molecule has 0 amide bonds. The van der Waals surface area contributed by atoms with E-state index in [1.165, 1.54) is 45.2 Å². The molecule has 1 aromatic carbocycles. The van der Waals surface area contributed by atoms with E-state index >= 15 is 0 Å². The number of rotatable bonds is 3. The largest absolute Gasteiger partial charge is 0.507 e. The fourth-order valence-electron chi connectivity index (χ4n) is 3.87. The van der Waals surface area contributed by atoms with Crippen molar-refractivity contribution in [3.05, 3.63) is 23.8 Å². The molecule has 1 N–H and O–H groups in total. The summed E-state index contributed by atoms with van der Waals surface area (Å²) >= 11 is 0. The molecule has 2 fully saturated rings. The van der Waals surface area contributed by atoms with Crippen LogP contribution in [0.5, 0.6) is 11.5 Å². The molecule has 1 aromatic rings. The van der Waals surface area contributed by atoms with Crippen LogP contribution in [-0.2, 0) is 6.54 Å². The summed E-state index contributed by atoms with van der Waals surface area (Å²) in [5.41, 5.74) is 1.01. The minimum Gasteiger partial charge on any atom is -0.507 e. The highest BCUT2D eigenvalue weighted by molar-refractivity contribution is 5.39. The average Bonchev–Trinajstić information content (AvgIpc) is 2.49. The van der Waals surface area contributed by atoms with Crippen LogP contribution >= 0.6 is 0 Å². The SMILES string of the molecule is COc1ccc(CN2CCC3CCCCC3C2)c(O)c1. The molecular formula is C17H25NO2. The maximum absolute atomic E-state index is 10.1. The maximum atomic E-state index is 10.1. The third-order valence-corrected chi connectivity index (χ3v) is 5.06. The average molecular weight is 275 g/mol. The van der Waals surface area contributed by atoms with Crippen molar-refractivity contribution in [3.8, 4) is 11.5 Å². The van der Waals surface area contributed by atoms with Crippen LogP contribution in [-0.4, -0.2) is 30.2 Å². The third kappa shape index (κ3) is 2.93. The van der Waals surface area contributed by atoms with E-state index in [2.05, 4.69) is 4.90 Å². The number of nitrogens with zero attached hydrogens (tertiary/aromatic N) is 1. The van der Waals surface area contributed by atoms with E-state index in [9.17, 15) is 5.11 Å². The molecule has 1 aliphatic carbocycles. The molecule has 1 heterocycles. The second kappa shape index (κ2) is 6.04. The summed E-state index contributed by atoms with van der Waals surface area (Å²) in [5, 5.41) is 10.1. The van der Waals surface area contributed by atoms with Gasteiger partial charge in [0.05, 0.1) is 7.11 Å². The van der Waals surface area contributed by atoms with Crippen LogP contribution in [0.2, 0.25) is 0 Å². The number of phenols is 1. The molecule has 1 saturated heterocycles. The van der Waals surface area contributed by atoms with E-state index < -0.39 is 0 Å². The summed E-state index contributed by atoms with van der Waals surface area (Å²) < 4.78 is 5.14. The zero-order valence-electron chi connectivity index (χ0n) is 12.3. The number of aromatic hydroxyl groups is 1. The monoisotopic (exact) mass is 275 g/mol. The van der Waals surface area contributed by atoms with Gasteiger partial charge in [0.1, 0.15) is 11.5 Å². The number of hydrogen-bond donors (Lipinski definition) is 1. The van der Waals surface area contributed by atoms with Crippen molar-refractivity contribution in [1.29, 1.82) is 0 Å². The molecule has 2 aliphatic rings. The van der Waals surface area contributed by atoms with Crippen LogP contribution in [0.4, 0.5) is 0 Å². The van der Waals surface area contributed by atoms with Crippen LogP contribution in [0.25, 0.3) is 0 Å². The van der Waals surface area contributed by atoms with E-state index in [4.69, 9.17) is 4.74 Å². The van der Waals surface area contributed by atoms with Crippen molar-refractivity contribution in [3.63, 3.8) is 0 Å². The van der Waals surface area contributed by atoms with Crippen molar-refractivity contribution in [2.24, 2.45) is 11.8 Å². The quantitative estimate of drug-likeness (QED) is 0.917. The number of benzene rings is 1. The Hall–Kier alpha value is -1.22. The standard InChI is InChI=1S/C17H25NO2/c1-20-16-7-6-15(17(19)10-16)12-18-9-8-13-4-2-3-5-14(13)11-18/h6-7,10,13-14,19H,2-5,8-9,11-12H2,1H3. The topological polar surface area (TPSA) is 32.7 Å². The smallest absolute Gasteiger partial charge is 0.123 e. The number of piperidine rings is 1.